The fourth-order valence-corrected chi connectivity index (χ4v) is 5.17. The molecule has 1 saturated carbocycles. The van der Waals surface area contributed by atoms with Gasteiger partial charge in [0.2, 0.25) is 0 Å². The molecule has 7 nitrogen and oxygen atoms in total. The van der Waals surface area contributed by atoms with E-state index >= 15 is 0 Å². The Morgan fingerprint density at radius 3 is 1.70 bits per heavy atom. The molecule has 0 aromatic heterocycles. The number of hydrogen-bond donors (Lipinski definition) is 0. The highest BCUT2D eigenvalue weighted by Gasteiger charge is 2.48. The number of aliphatic imine (C=N–C) groups is 1. The van der Waals surface area contributed by atoms with Gasteiger partial charge in [-0.15, -0.1) is 0 Å². The summed E-state index contributed by atoms with van der Waals surface area (Å²) in [5, 5.41) is 0. The monoisotopic (exact) mass is 507 g/mol. The number of nitrogens with zero attached hydrogens (tertiary/aromatic N) is 1. The Kier molecular flexibility index (Phi) is 10.9. The third-order valence-corrected chi connectivity index (χ3v) is 6.83. The molecule has 0 aliphatic heterocycles. The summed E-state index contributed by atoms with van der Waals surface area (Å²) in [6.45, 7) is 3.60. The van der Waals surface area contributed by atoms with Crippen molar-refractivity contribution in [1.29, 1.82) is 0 Å². The number of rotatable bonds is 11. The van der Waals surface area contributed by atoms with Gasteiger partial charge in [-0.05, 0) is 19.8 Å². The van der Waals surface area contributed by atoms with Gasteiger partial charge in [-0.2, -0.15) is 0 Å². The lowest BCUT2D eigenvalue weighted by Gasteiger charge is -2.36. The van der Waals surface area contributed by atoms with Gasteiger partial charge in [0, 0.05) is 17.0 Å². The standard InChI is InChI=1S/C30H37NO6/c1-4-36-28(32)25(29(33)37-5-2)24(21-15-9-6-10-16-21)27(30(34)35-3)31-26(22-17-11-7-12-18-22)23-19-13-8-14-20-23/h7-8,11-14,17-21,24-25,27H,4-6,9-10,15-16H2,1-3H3/t24-,27-/m0/s1. The van der Waals surface area contributed by atoms with Gasteiger partial charge < -0.3 is 14.2 Å². The first-order valence-corrected chi connectivity index (χ1v) is 13.1. The number of methoxy groups -OCH3 is 1. The highest BCUT2D eigenvalue weighted by molar-refractivity contribution is 6.13. The average Bonchev–Trinajstić information content (AvgIpc) is 2.94. The molecule has 198 valence electrons. The summed E-state index contributed by atoms with van der Waals surface area (Å²) >= 11 is 0. The molecule has 0 N–H and O–H groups in total. The maximum absolute atomic E-state index is 13.4. The van der Waals surface area contributed by atoms with E-state index in [1.165, 1.54) is 7.11 Å². The summed E-state index contributed by atoms with van der Waals surface area (Å²) in [6, 6.07) is 18.0. The second-order valence-electron chi connectivity index (χ2n) is 9.13. The van der Waals surface area contributed by atoms with Crippen LogP contribution in [0.25, 0.3) is 0 Å². The SMILES string of the molecule is CCOC(=O)C(C(=O)OCC)[C@H](C1CCCCC1)[C@H](N=C(c1ccccc1)c1ccccc1)C(=O)OC. The molecular weight excluding hydrogens is 470 g/mol. The molecule has 7 heteroatoms. The van der Waals surface area contributed by atoms with Crippen LogP contribution in [0.1, 0.15) is 57.1 Å². The molecule has 1 fully saturated rings. The summed E-state index contributed by atoms with van der Waals surface area (Å²) < 4.78 is 15.9. The van der Waals surface area contributed by atoms with Gasteiger partial charge in [-0.1, -0.05) is 92.8 Å². The van der Waals surface area contributed by atoms with Crippen LogP contribution in [-0.4, -0.2) is 50.0 Å². The van der Waals surface area contributed by atoms with Crippen molar-refractivity contribution in [3.63, 3.8) is 0 Å². The molecule has 0 amide bonds. The van der Waals surface area contributed by atoms with Gasteiger partial charge in [0.15, 0.2) is 12.0 Å². The molecule has 3 rings (SSSR count). The fourth-order valence-electron chi connectivity index (χ4n) is 5.17. The molecule has 0 radical (unpaired) electrons. The van der Waals surface area contributed by atoms with Crippen molar-refractivity contribution in [1.82, 2.24) is 0 Å². The van der Waals surface area contributed by atoms with E-state index in [2.05, 4.69) is 0 Å². The van der Waals surface area contributed by atoms with Crippen molar-refractivity contribution < 1.29 is 28.6 Å². The van der Waals surface area contributed by atoms with Crippen LogP contribution in [0.4, 0.5) is 0 Å². The Labute approximate surface area is 219 Å². The summed E-state index contributed by atoms with van der Waals surface area (Å²) in [5.41, 5.74) is 2.21. The Hall–Kier alpha value is -3.48. The van der Waals surface area contributed by atoms with Gasteiger partial charge in [0.25, 0.3) is 0 Å². The van der Waals surface area contributed by atoms with Crippen molar-refractivity contribution >= 4 is 23.6 Å². The Morgan fingerprint density at radius 1 is 0.784 bits per heavy atom. The highest BCUT2D eigenvalue weighted by atomic mass is 16.6. The zero-order valence-electron chi connectivity index (χ0n) is 21.9. The molecule has 0 spiro atoms. The topological polar surface area (TPSA) is 91.3 Å². The molecule has 1 aliphatic rings. The maximum Gasteiger partial charge on any atom is 0.330 e. The quantitative estimate of drug-likeness (QED) is 0.184. The minimum atomic E-state index is -1.29. The molecule has 0 saturated heterocycles. The molecule has 1 aliphatic carbocycles. The van der Waals surface area contributed by atoms with E-state index in [0.717, 1.165) is 43.2 Å². The first kappa shape index (κ1) is 28.1. The van der Waals surface area contributed by atoms with E-state index < -0.39 is 35.8 Å². The van der Waals surface area contributed by atoms with Crippen molar-refractivity contribution in [3.05, 3.63) is 71.8 Å². The summed E-state index contributed by atoms with van der Waals surface area (Å²) in [5.74, 6) is -4.15. The van der Waals surface area contributed by atoms with E-state index in [9.17, 15) is 14.4 Å². The molecule has 2 aromatic rings. The lowest BCUT2D eigenvalue weighted by atomic mass is 9.70. The minimum Gasteiger partial charge on any atom is -0.467 e. The van der Waals surface area contributed by atoms with Gasteiger partial charge in [-0.25, -0.2) is 4.79 Å². The van der Waals surface area contributed by atoms with Crippen LogP contribution in [0.5, 0.6) is 0 Å². The van der Waals surface area contributed by atoms with Crippen molar-refractivity contribution in [2.45, 2.75) is 52.0 Å². The smallest absolute Gasteiger partial charge is 0.330 e. The Morgan fingerprint density at radius 2 is 1.27 bits per heavy atom. The first-order valence-electron chi connectivity index (χ1n) is 13.1. The molecule has 37 heavy (non-hydrogen) atoms. The van der Waals surface area contributed by atoms with Crippen LogP contribution in [0.2, 0.25) is 0 Å². The van der Waals surface area contributed by atoms with Crippen LogP contribution in [0.15, 0.2) is 65.7 Å². The summed E-state index contributed by atoms with van der Waals surface area (Å²) in [4.78, 5) is 44.9. The van der Waals surface area contributed by atoms with Gasteiger partial charge in [-0.3, -0.25) is 14.6 Å². The lowest BCUT2D eigenvalue weighted by Crippen LogP contribution is -2.47. The van der Waals surface area contributed by atoms with Crippen LogP contribution in [0.3, 0.4) is 0 Å². The van der Waals surface area contributed by atoms with E-state index in [-0.39, 0.29) is 19.1 Å². The molecule has 0 bridgehead atoms. The predicted molar refractivity (Wildman–Crippen MR) is 141 cm³/mol. The number of esters is 3. The van der Waals surface area contributed by atoms with Crippen molar-refractivity contribution in [2.24, 2.45) is 22.7 Å². The molecule has 2 atom stereocenters. The van der Waals surface area contributed by atoms with Gasteiger partial charge in [0.05, 0.1) is 26.0 Å². The predicted octanol–water partition coefficient (Wildman–Crippen LogP) is 5.00. The van der Waals surface area contributed by atoms with Gasteiger partial charge >= 0.3 is 17.9 Å². The highest BCUT2D eigenvalue weighted by Crippen LogP contribution is 2.39. The third-order valence-electron chi connectivity index (χ3n) is 6.83. The average molecular weight is 508 g/mol. The van der Waals surface area contributed by atoms with Crippen molar-refractivity contribution in [3.8, 4) is 0 Å². The van der Waals surface area contributed by atoms with E-state index in [1.54, 1.807) is 13.8 Å². The van der Waals surface area contributed by atoms with Crippen LogP contribution < -0.4 is 0 Å². The lowest BCUT2D eigenvalue weighted by molar-refractivity contribution is -0.167. The molecule has 0 heterocycles. The summed E-state index contributed by atoms with van der Waals surface area (Å²) in [7, 11) is 1.30. The second-order valence-corrected chi connectivity index (χ2v) is 9.13. The Bertz CT molecular complexity index is 987. The number of benzene rings is 2. The summed E-state index contributed by atoms with van der Waals surface area (Å²) in [6.07, 6.45) is 4.50. The third kappa shape index (κ3) is 7.28. The van der Waals surface area contributed by atoms with E-state index in [4.69, 9.17) is 19.2 Å². The largest absolute Gasteiger partial charge is 0.467 e. The van der Waals surface area contributed by atoms with Crippen LogP contribution in [0, 0.1) is 17.8 Å². The number of carbonyl (C=O) groups excluding carboxylic acids is 3. The van der Waals surface area contributed by atoms with Crippen LogP contribution in [-0.2, 0) is 28.6 Å². The van der Waals surface area contributed by atoms with E-state index in [1.807, 2.05) is 60.7 Å². The molecule has 0 unspecified atom stereocenters. The number of hydrogen-bond acceptors (Lipinski definition) is 7. The zero-order chi connectivity index (χ0) is 26.6. The fraction of sp³-hybridized carbons (Fsp3) is 0.467. The minimum absolute atomic E-state index is 0.104. The number of carbonyl (C=O) groups is 3. The normalized spacial score (nSPS) is 15.4. The second kappa shape index (κ2) is 14.3. The molecular formula is C30H37NO6. The maximum atomic E-state index is 13.4. The number of ether oxygens (including phenoxy) is 3. The van der Waals surface area contributed by atoms with Crippen molar-refractivity contribution in [2.75, 3.05) is 20.3 Å². The van der Waals surface area contributed by atoms with Crippen LogP contribution >= 0.6 is 0 Å². The first-order chi connectivity index (χ1) is 18.0. The molecule has 2 aromatic carbocycles. The van der Waals surface area contributed by atoms with Gasteiger partial charge in [0.1, 0.15) is 0 Å². The Balaban J connectivity index is 2.23. The zero-order valence-corrected chi connectivity index (χ0v) is 21.9. The van der Waals surface area contributed by atoms with E-state index in [0.29, 0.717) is 5.71 Å².